The lowest BCUT2D eigenvalue weighted by atomic mass is 10.1. The molecule has 6 rings (SSSR count). The Morgan fingerprint density at radius 3 is 1.84 bits per heavy atom. The zero-order valence-electron chi connectivity index (χ0n) is 31.0. The maximum atomic E-state index is 12.7. The number of carbonyl (C=O) groups is 1. The normalized spacial score (nSPS) is 11.6. The minimum atomic E-state index is -0.301. The average molecular weight is 824 g/mol. The number of aromatic hydroxyl groups is 1. The van der Waals surface area contributed by atoms with Gasteiger partial charge in [-0.1, -0.05) is 28.3 Å². The van der Waals surface area contributed by atoms with Gasteiger partial charge in [0, 0.05) is 33.7 Å². The third-order valence-electron chi connectivity index (χ3n) is 8.29. The Bertz CT molecular complexity index is 2510. The van der Waals surface area contributed by atoms with Gasteiger partial charge in [-0.25, -0.2) is 10.5 Å². The Balaban J connectivity index is 1.23. The predicted molar refractivity (Wildman–Crippen MR) is 216 cm³/mol. The van der Waals surface area contributed by atoms with Crippen LogP contribution in [-0.2, 0) is 18.7 Å². The first kappa shape index (κ1) is 41.3. The van der Waals surface area contributed by atoms with Gasteiger partial charge in [0.15, 0.2) is 5.75 Å². The SMILES string of the molecule is COc1cc(N=Nc2ccc(SOOO)cc2)c(C)cc1N=Nc1cc(OC)c(N=Nc2c(SOOO)cc3cc(NC(=O)c4ccccc4)ccc3c2O)cc1C. The number of hydrogen-bond donors (Lipinski definition) is 4. The molecule has 0 heterocycles. The second-order valence-corrected chi connectivity index (χ2v) is 13.5. The highest BCUT2D eigenvalue weighted by Crippen LogP contribution is 2.46. The Hall–Kier alpha value is -6.29. The molecule has 58 heavy (non-hydrogen) atoms. The highest BCUT2D eigenvalue weighted by Gasteiger charge is 2.17. The first-order valence-electron chi connectivity index (χ1n) is 16.9. The molecule has 0 aliphatic rings. The van der Waals surface area contributed by atoms with E-state index in [0.29, 0.717) is 84.5 Å². The molecule has 6 aromatic rings. The molecule has 0 radical (unpaired) electrons. The lowest BCUT2D eigenvalue weighted by Crippen LogP contribution is -2.11. The van der Waals surface area contributed by atoms with E-state index < -0.39 is 0 Å². The number of phenolic OH excluding ortho intramolecular Hbond substituents is 1. The van der Waals surface area contributed by atoms with Gasteiger partial charge >= 0.3 is 0 Å². The molecule has 19 heteroatoms. The highest BCUT2D eigenvalue weighted by atomic mass is 32.2. The van der Waals surface area contributed by atoms with Crippen LogP contribution in [0.2, 0.25) is 0 Å². The summed E-state index contributed by atoms with van der Waals surface area (Å²) in [7, 11) is 2.98. The molecule has 4 N–H and O–H groups in total. The largest absolute Gasteiger partial charge is 0.505 e. The summed E-state index contributed by atoms with van der Waals surface area (Å²) in [6.07, 6.45) is 0. The molecule has 1 amide bonds. The summed E-state index contributed by atoms with van der Waals surface area (Å²) in [6, 6.07) is 29.1. The van der Waals surface area contributed by atoms with Crippen LogP contribution >= 0.6 is 24.1 Å². The Labute approximate surface area is 339 Å². The molecule has 0 atom stereocenters. The predicted octanol–water partition coefficient (Wildman–Crippen LogP) is 12.5. The molecular weight excluding hydrogens is 791 g/mol. The number of hydrogen-bond acceptors (Lipinski definition) is 18. The Morgan fingerprint density at radius 1 is 0.638 bits per heavy atom. The van der Waals surface area contributed by atoms with E-state index in [1.54, 1.807) is 97.1 Å². The summed E-state index contributed by atoms with van der Waals surface area (Å²) in [5.74, 6) is 0.188. The summed E-state index contributed by atoms with van der Waals surface area (Å²) in [4.78, 5) is 13.7. The molecule has 0 saturated heterocycles. The number of methoxy groups -OCH3 is 2. The smallest absolute Gasteiger partial charge is 0.255 e. The second-order valence-electron chi connectivity index (χ2n) is 12.0. The minimum Gasteiger partial charge on any atom is -0.505 e. The molecule has 0 saturated carbocycles. The zero-order chi connectivity index (χ0) is 41.0. The summed E-state index contributed by atoms with van der Waals surface area (Å²) in [5.41, 5.74) is 4.82. The number of rotatable bonds is 16. The van der Waals surface area contributed by atoms with E-state index in [4.69, 9.17) is 24.3 Å². The number of phenols is 1. The molecule has 0 bridgehead atoms. The monoisotopic (exact) mass is 823 g/mol. The van der Waals surface area contributed by atoms with Crippen molar-refractivity contribution >= 4 is 80.6 Å². The highest BCUT2D eigenvalue weighted by molar-refractivity contribution is 7.94. The van der Waals surface area contributed by atoms with Crippen molar-refractivity contribution in [3.8, 4) is 17.2 Å². The lowest BCUT2D eigenvalue weighted by Gasteiger charge is -2.12. The second kappa shape index (κ2) is 19.7. The van der Waals surface area contributed by atoms with Crippen LogP contribution in [-0.4, -0.2) is 35.7 Å². The van der Waals surface area contributed by atoms with Crippen LogP contribution in [0.15, 0.2) is 144 Å². The summed E-state index contributed by atoms with van der Waals surface area (Å²) in [6.45, 7) is 3.67. The summed E-state index contributed by atoms with van der Waals surface area (Å²) in [5, 5.41) is 66.0. The number of nitrogens with zero attached hydrogens (tertiary/aromatic N) is 6. The van der Waals surface area contributed by atoms with E-state index in [-0.39, 0.29) is 22.2 Å². The number of benzene rings is 6. The van der Waals surface area contributed by atoms with Crippen LogP contribution in [0.4, 0.5) is 39.8 Å². The average Bonchev–Trinajstić information content (AvgIpc) is 3.24. The summed E-state index contributed by atoms with van der Waals surface area (Å²) >= 11 is 1.43. The van der Waals surface area contributed by atoms with Gasteiger partial charge in [-0.2, -0.15) is 15.3 Å². The molecule has 0 aliphatic heterocycles. The molecular formula is C39H33N7O10S2. The number of anilines is 1. The van der Waals surface area contributed by atoms with Crippen LogP contribution in [0.3, 0.4) is 0 Å². The van der Waals surface area contributed by atoms with Crippen LogP contribution in [0.1, 0.15) is 21.5 Å². The minimum absolute atomic E-state index is 0.0152. The van der Waals surface area contributed by atoms with Gasteiger partial charge < -0.3 is 19.9 Å². The molecule has 17 nitrogen and oxygen atoms in total. The van der Waals surface area contributed by atoms with Gasteiger partial charge in [-0.15, -0.1) is 24.0 Å². The number of amides is 1. The number of azo groups is 3. The number of aryl methyl sites for hydroxylation is 2. The van der Waals surface area contributed by atoms with Crippen molar-refractivity contribution < 1.29 is 48.6 Å². The first-order valence-corrected chi connectivity index (χ1v) is 18.4. The van der Waals surface area contributed by atoms with E-state index in [9.17, 15) is 9.90 Å². The fourth-order valence-electron chi connectivity index (χ4n) is 5.40. The number of fused-ring (bicyclic) bond motifs is 1. The van der Waals surface area contributed by atoms with Crippen LogP contribution < -0.4 is 14.8 Å². The number of ether oxygens (including phenoxy) is 2. The van der Waals surface area contributed by atoms with Crippen molar-refractivity contribution in [3.05, 3.63) is 120 Å². The Kier molecular flexibility index (Phi) is 14.1. The van der Waals surface area contributed by atoms with Crippen LogP contribution in [0.25, 0.3) is 10.8 Å². The number of nitrogens with one attached hydrogen (secondary N) is 1. The van der Waals surface area contributed by atoms with Gasteiger partial charge in [0.2, 0.25) is 0 Å². The standard InChI is InChI=1S/C39H33N7O10S2/c1-22-16-32(34(51-3)20-30(22)42-41-26-10-13-28(14-11-26)57-55-53-49)44-43-31-21-35(52-4)33(17-23(31)2)45-46-37-36(58-56-54-50)19-25-18-27(12-15-29(25)38(37)47)40-39(48)24-8-6-5-7-9-24/h5-21,47,49-50H,1-4H3,(H,40,48). The van der Waals surface area contributed by atoms with Crippen molar-refractivity contribution in [1.29, 1.82) is 0 Å². The van der Waals surface area contributed by atoms with Gasteiger partial charge in [-0.05, 0) is 103 Å². The van der Waals surface area contributed by atoms with Gasteiger partial charge in [-0.3, -0.25) is 4.79 Å². The fourth-order valence-corrected chi connectivity index (χ4v) is 6.25. The van der Waals surface area contributed by atoms with Gasteiger partial charge in [0.05, 0.1) is 60.3 Å². The van der Waals surface area contributed by atoms with Crippen molar-refractivity contribution in [2.75, 3.05) is 19.5 Å². The molecule has 296 valence electrons. The topological polar surface area (TPSA) is 219 Å². The summed E-state index contributed by atoms with van der Waals surface area (Å²) < 4.78 is 20.3. The maximum absolute atomic E-state index is 12.7. The lowest BCUT2D eigenvalue weighted by molar-refractivity contribution is -0.432. The van der Waals surface area contributed by atoms with E-state index in [1.165, 1.54) is 14.2 Å². The molecule has 0 fully saturated rings. The van der Waals surface area contributed by atoms with E-state index in [1.807, 2.05) is 19.9 Å². The first-order chi connectivity index (χ1) is 28.2. The molecule has 0 aromatic heterocycles. The molecule has 0 aliphatic carbocycles. The van der Waals surface area contributed by atoms with Crippen LogP contribution in [0, 0.1) is 13.8 Å². The van der Waals surface area contributed by atoms with Crippen LogP contribution in [0.5, 0.6) is 17.2 Å². The molecule has 0 spiro atoms. The van der Waals surface area contributed by atoms with E-state index in [0.717, 1.165) is 17.6 Å². The molecule has 6 aromatic carbocycles. The fraction of sp³-hybridized carbons (Fsp3) is 0.103. The van der Waals surface area contributed by atoms with Gasteiger partial charge in [0.25, 0.3) is 5.91 Å². The zero-order valence-corrected chi connectivity index (χ0v) is 32.6. The van der Waals surface area contributed by atoms with Crippen molar-refractivity contribution in [1.82, 2.24) is 0 Å². The van der Waals surface area contributed by atoms with Gasteiger partial charge in [0.1, 0.15) is 28.6 Å². The quantitative estimate of drug-likeness (QED) is 0.0310. The van der Waals surface area contributed by atoms with Crippen molar-refractivity contribution in [2.24, 2.45) is 30.7 Å². The van der Waals surface area contributed by atoms with E-state index in [2.05, 4.69) is 50.4 Å². The maximum Gasteiger partial charge on any atom is 0.255 e. The van der Waals surface area contributed by atoms with Crippen molar-refractivity contribution in [2.45, 2.75) is 23.6 Å². The third-order valence-corrected chi connectivity index (χ3v) is 9.50. The van der Waals surface area contributed by atoms with Crippen molar-refractivity contribution in [3.63, 3.8) is 0 Å². The third kappa shape index (κ3) is 10.2. The van der Waals surface area contributed by atoms with E-state index >= 15 is 0 Å². The number of carbonyl (C=O) groups excluding carboxylic acids is 1. The molecule has 0 unspecified atom stereocenters. The Morgan fingerprint density at radius 2 is 1.22 bits per heavy atom.